The van der Waals surface area contributed by atoms with Gasteiger partial charge in [0.25, 0.3) is 0 Å². The monoisotopic (exact) mass is 313 g/mol. The van der Waals surface area contributed by atoms with Crippen molar-refractivity contribution in [3.8, 4) is 10.6 Å². The summed E-state index contributed by atoms with van der Waals surface area (Å²) >= 11 is 1.61. The summed E-state index contributed by atoms with van der Waals surface area (Å²) in [4.78, 5) is 16.8. The van der Waals surface area contributed by atoms with Crippen LogP contribution >= 0.6 is 11.3 Å². The van der Waals surface area contributed by atoms with Gasteiger partial charge in [0, 0.05) is 28.7 Å². The average molecular weight is 313 g/mol. The Bertz CT molecular complexity index is 677. The van der Waals surface area contributed by atoms with Crippen LogP contribution in [0.2, 0.25) is 0 Å². The number of benzene rings is 1. The van der Waals surface area contributed by atoms with Crippen LogP contribution in [0.15, 0.2) is 35.8 Å². The molecule has 0 radical (unpaired) electrons. The van der Waals surface area contributed by atoms with Gasteiger partial charge in [0.2, 0.25) is 5.91 Å². The molecule has 0 bridgehead atoms. The molecule has 22 heavy (non-hydrogen) atoms. The Balaban J connectivity index is 1.45. The summed E-state index contributed by atoms with van der Waals surface area (Å²) in [6.07, 6.45) is 5.11. The molecular weight excluding hydrogens is 294 g/mol. The molecule has 1 aromatic heterocycles. The molecule has 1 saturated heterocycles. The van der Waals surface area contributed by atoms with Crippen molar-refractivity contribution in [2.24, 2.45) is 11.3 Å². The van der Waals surface area contributed by atoms with E-state index in [0.717, 1.165) is 48.6 Å². The molecule has 2 fully saturated rings. The zero-order chi connectivity index (χ0) is 15.0. The number of carbonyl (C=O) groups excluding carboxylic acids is 1. The summed E-state index contributed by atoms with van der Waals surface area (Å²) in [5.74, 6) is 0.372. The van der Waals surface area contributed by atoms with Gasteiger partial charge in [0.1, 0.15) is 5.01 Å². The maximum absolute atomic E-state index is 12.5. The smallest absolute Gasteiger partial charge is 0.228 e. The molecule has 1 amide bonds. The number of carbonyl (C=O) groups is 1. The van der Waals surface area contributed by atoms with Crippen molar-refractivity contribution in [2.45, 2.75) is 19.3 Å². The van der Waals surface area contributed by atoms with E-state index in [9.17, 15) is 4.79 Å². The second-order valence-corrected chi connectivity index (χ2v) is 7.17. The highest BCUT2D eigenvalue weighted by molar-refractivity contribution is 7.13. The fraction of sp³-hybridized carbons (Fsp3) is 0.412. The molecule has 1 saturated carbocycles. The molecule has 5 heteroatoms. The lowest BCUT2D eigenvalue weighted by molar-refractivity contribution is -0.118. The number of amides is 1. The lowest BCUT2D eigenvalue weighted by Crippen LogP contribution is -2.31. The van der Waals surface area contributed by atoms with Crippen LogP contribution in [0, 0.1) is 11.3 Å². The van der Waals surface area contributed by atoms with Crippen LogP contribution < -0.4 is 10.6 Å². The van der Waals surface area contributed by atoms with Crippen molar-refractivity contribution in [1.29, 1.82) is 0 Å². The quantitative estimate of drug-likeness (QED) is 0.915. The van der Waals surface area contributed by atoms with Gasteiger partial charge in [0.15, 0.2) is 0 Å². The maximum atomic E-state index is 12.5. The molecular formula is C17H19N3OS. The van der Waals surface area contributed by atoms with Crippen LogP contribution in [-0.2, 0) is 4.79 Å². The van der Waals surface area contributed by atoms with Gasteiger partial charge in [-0.15, -0.1) is 11.3 Å². The summed E-state index contributed by atoms with van der Waals surface area (Å²) < 4.78 is 0. The van der Waals surface area contributed by atoms with Gasteiger partial charge in [-0.2, -0.15) is 0 Å². The summed E-state index contributed by atoms with van der Waals surface area (Å²) in [7, 11) is 0. The van der Waals surface area contributed by atoms with Crippen molar-refractivity contribution < 1.29 is 4.79 Å². The Morgan fingerprint density at radius 3 is 3.00 bits per heavy atom. The van der Waals surface area contributed by atoms with E-state index in [4.69, 9.17) is 0 Å². The highest BCUT2D eigenvalue weighted by Gasteiger charge is 2.57. The molecule has 2 aliphatic rings. The second-order valence-electron chi connectivity index (χ2n) is 6.28. The highest BCUT2D eigenvalue weighted by atomic mass is 32.1. The van der Waals surface area contributed by atoms with Crippen LogP contribution in [0.1, 0.15) is 19.3 Å². The van der Waals surface area contributed by atoms with Crippen LogP contribution in [-0.4, -0.2) is 24.0 Å². The van der Waals surface area contributed by atoms with E-state index >= 15 is 0 Å². The number of nitrogens with one attached hydrogen (secondary N) is 2. The molecule has 1 unspecified atom stereocenters. The van der Waals surface area contributed by atoms with E-state index in [2.05, 4.69) is 15.6 Å². The van der Waals surface area contributed by atoms with E-state index in [0.29, 0.717) is 0 Å². The molecule has 4 rings (SSSR count). The number of rotatable bonds is 3. The third-order valence-corrected chi connectivity index (χ3v) is 5.74. The van der Waals surface area contributed by atoms with Crippen LogP contribution in [0.5, 0.6) is 0 Å². The minimum absolute atomic E-state index is 0.179. The molecule has 1 atom stereocenters. The largest absolute Gasteiger partial charge is 0.326 e. The lowest BCUT2D eigenvalue weighted by atomic mass is 9.92. The highest BCUT2D eigenvalue weighted by Crippen LogP contribution is 2.58. The normalized spacial score (nSPS) is 22.5. The third-order valence-electron chi connectivity index (χ3n) is 4.91. The van der Waals surface area contributed by atoms with E-state index in [1.807, 2.05) is 29.6 Å². The minimum atomic E-state index is 0.179. The van der Waals surface area contributed by atoms with Crippen molar-refractivity contribution in [1.82, 2.24) is 10.3 Å². The van der Waals surface area contributed by atoms with E-state index in [-0.39, 0.29) is 17.2 Å². The zero-order valence-electron chi connectivity index (χ0n) is 12.3. The molecule has 114 valence electrons. The molecule has 1 aliphatic carbocycles. The van der Waals surface area contributed by atoms with E-state index in [1.165, 1.54) is 0 Å². The third kappa shape index (κ3) is 2.55. The molecule has 4 nitrogen and oxygen atoms in total. The van der Waals surface area contributed by atoms with Gasteiger partial charge in [-0.05, 0) is 49.9 Å². The first kappa shape index (κ1) is 13.9. The van der Waals surface area contributed by atoms with Gasteiger partial charge in [-0.1, -0.05) is 12.1 Å². The summed E-state index contributed by atoms with van der Waals surface area (Å²) in [5.41, 5.74) is 2.20. The Labute approximate surface area is 134 Å². The number of nitrogens with zero attached hydrogens (tertiary/aromatic N) is 1. The Hall–Kier alpha value is -1.72. The van der Waals surface area contributed by atoms with E-state index in [1.54, 1.807) is 17.5 Å². The van der Waals surface area contributed by atoms with Gasteiger partial charge in [0.05, 0.1) is 0 Å². The van der Waals surface area contributed by atoms with Gasteiger partial charge in [-0.3, -0.25) is 4.79 Å². The number of aromatic nitrogens is 1. The Morgan fingerprint density at radius 1 is 1.36 bits per heavy atom. The van der Waals surface area contributed by atoms with Gasteiger partial charge in [-0.25, -0.2) is 4.98 Å². The SMILES string of the molecule is O=C(Nc1cccc(-c2nccs2)c1)C1CC12CCNCC2. The lowest BCUT2D eigenvalue weighted by Gasteiger charge is -2.23. The van der Waals surface area contributed by atoms with Crippen LogP contribution in [0.3, 0.4) is 0 Å². The number of anilines is 1. The summed E-state index contributed by atoms with van der Waals surface area (Å²) in [5, 5.41) is 9.42. The van der Waals surface area contributed by atoms with E-state index < -0.39 is 0 Å². The van der Waals surface area contributed by atoms with Gasteiger partial charge >= 0.3 is 0 Å². The van der Waals surface area contributed by atoms with Crippen molar-refractivity contribution in [3.63, 3.8) is 0 Å². The van der Waals surface area contributed by atoms with Crippen LogP contribution in [0.25, 0.3) is 10.6 Å². The molecule has 2 aromatic rings. The number of hydrogen-bond acceptors (Lipinski definition) is 4. The summed E-state index contributed by atoms with van der Waals surface area (Å²) in [6, 6.07) is 7.96. The molecule has 2 heterocycles. The number of thiazole rings is 1. The maximum Gasteiger partial charge on any atom is 0.228 e. The summed E-state index contributed by atoms with van der Waals surface area (Å²) in [6.45, 7) is 2.09. The molecule has 1 aromatic carbocycles. The van der Waals surface area contributed by atoms with Crippen molar-refractivity contribution >= 4 is 22.9 Å². The fourth-order valence-electron chi connectivity index (χ4n) is 3.52. The minimum Gasteiger partial charge on any atom is -0.326 e. The first-order chi connectivity index (χ1) is 10.8. The Morgan fingerprint density at radius 2 is 2.23 bits per heavy atom. The predicted octanol–water partition coefficient (Wildman–Crippen LogP) is 3.14. The van der Waals surface area contributed by atoms with Crippen LogP contribution in [0.4, 0.5) is 5.69 Å². The Kier molecular flexibility index (Phi) is 3.47. The first-order valence-electron chi connectivity index (χ1n) is 7.78. The van der Waals surface area contributed by atoms with Gasteiger partial charge < -0.3 is 10.6 Å². The second kappa shape index (κ2) is 5.48. The topological polar surface area (TPSA) is 54.0 Å². The van der Waals surface area contributed by atoms with Crippen molar-refractivity contribution in [3.05, 3.63) is 35.8 Å². The first-order valence-corrected chi connectivity index (χ1v) is 8.66. The zero-order valence-corrected chi connectivity index (χ0v) is 13.2. The number of hydrogen-bond donors (Lipinski definition) is 2. The predicted molar refractivity (Wildman–Crippen MR) is 88.8 cm³/mol. The fourth-order valence-corrected chi connectivity index (χ4v) is 4.16. The number of piperidine rings is 1. The molecule has 2 N–H and O–H groups in total. The van der Waals surface area contributed by atoms with Crippen molar-refractivity contribution in [2.75, 3.05) is 18.4 Å². The standard InChI is InChI=1S/C17H19N3OS/c21-15(14-11-17(14)4-6-18-7-5-17)20-13-3-1-2-12(10-13)16-19-8-9-22-16/h1-3,8-10,14,18H,4-7,11H2,(H,20,21). The average Bonchev–Trinajstić information content (AvgIpc) is 3.00. The molecule has 1 aliphatic heterocycles. The molecule has 1 spiro atoms.